The third-order valence-electron chi connectivity index (χ3n) is 8.28. The Kier molecular flexibility index (Phi) is 6.61. The van der Waals surface area contributed by atoms with Gasteiger partial charge in [-0.2, -0.15) is 0 Å². The number of hydrogen-bond donors (Lipinski definition) is 0. The zero-order chi connectivity index (χ0) is 31.9. The summed E-state index contributed by atoms with van der Waals surface area (Å²) in [4.78, 5) is 9.12. The van der Waals surface area contributed by atoms with Crippen LogP contribution in [-0.2, 0) is 0 Å². The van der Waals surface area contributed by atoms with Crippen LogP contribution in [0.3, 0.4) is 0 Å². The molecule has 0 aliphatic heterocycles. The zero-order valence-electron chi connectivity index (χ0n) is 25.4. The van der Waals surface area contributed by atoms with Crippen molar-refractivity contribution >= 4 is 21.8 Å². The van der Waals surface area contributed by atoms with E-state index in [0.29, 0.717) is 34.7 Å². The summed E-state index contributed by atoms with van der Waals surface area (Å²) in [7, 11) is 0. The molecule has 0 aliphatic rings. The van der Waals surface area contributed by atoms with E-state index >= 15 is 0 Å². The van der Waals surface area contributed by atoms with Crippen LogP contribution in [0.2, 0.25) is 0 Å². The minimum Gasteiger partial charge on any atom is -0.416 e. The number of pyridine rings is 2. The van der Waals surface area contributed by atoms with Gasteiger partial charge in [-0.05, 0) is 64.7 Å². The zero-order valence-corrected chi connectivity index (χ0v) is 25.4. The van der Waals surface area contributed by atoms with Gasteiger partial charge in [0.05, 0.1) is 22.2 Å². The number of hydrogen-bond acceptors (Lipinski definition) is 8. The average Bonchev–Trinajstić information content (AvgIpc) is 3.87. The molecule has 0 saturated carbocycles. The summed E-state index contributed by atoms with van der Waals surface area (Å²) in [5, 5.41) is 19.6. The van der Waals surface area contributed by atoms with Gasteiger partial charge in [-0.3, -0.25) is 9.97 Å². The summed E-state index contributed by atoms with van der Waals surface area (Å²) in [5.41, 5.74) is 8.94. The monoisotopic (exact) mass is 620 g/mol. The minimum atomic E-state index is 0.362. The molecule has 0 amide bonds. The molecule has 0 atom stereocenters. The Morgan fingerprint density at radius 2 is 0.708 bits per heavy atom. The molecule has 4 heterocycles. The molecule has 0 radical (unpaired) electrons. The van der Waals surface area contributed by atoms with Gasteiger partial charge in [0.15, 0.2) is 0 Å². The second-order valence-corrected chi connectivity index (χ2v) is 11.4. The Morgan fingerprint density at radius 3 is 1.23 bits per heavy atom. The standard InChI is InChI=1S/C40H24N6O2/c1-2-8-25(9-3-1)26-14-16-27(17-15-26)30-20-31(37-43-45-39(47-37)33-18-28-10-4-6-12-35(28)41-23-33)22-32(21-30)38-44-46-40(48-38)34-19-29-11-5-7-13-36(29)42-24-34/h1-24H. The molecule has 0 unspecified atom stereocenters. The van der Waals surface area contributed by atoms with Gasteiger partial charge in [-0.15, -0.1) is 20.4 Å². The lowest BCUT2D eigenvalue weighted by molar-refractivity contribution is 0.582. The van der Waals surface area contributed by atoms with Crippen molar-refractivity contribution < 1.29 is 8.83 Å². The first-order valence-electron chi connectivity index (χ1n) is 15.4. The van der Waals surface area contributed by atoms with Gasteiger partial charge in [-0.1, -0.05) is 91.0 Å². The van der Waals surface area contributed by atoms with Crippen molar-refractivity contribution in [2.45, 2.75) is 0 Å². The third kappa shape index (κ3) is 5.17. The fraction of sp³-hybridized carbons (Fsp3) is 0. The van der Waals surface area contributed by atoms with Crippen LogP contribution >= 0.6 is 0 Å². The number of rotatable bonds is 6. The molecule has 8 heteroatoms. The van der Waals surface area contributed by atoms with Crippen LogP contribution in [-0.4, -0.2) is 30.4 Å². The van der Waals surface area contributed by atoms with Gasteiger partial charge in [0, 0.05) is 34.3 Å². The Bertz CT molecular complexity index is 2440. The lowest BCUT2D eigenvalue weighted by Crippen LogP contribution is -1.87. The van der Waals surface area contributed by atoms with Crippen molar-refractivity contribution in [3.05, 3.63) is 146 Å². The van der Waals surface area contributed by atoms with Crippen molar-refractivity contribution in [2.24, 2.45) is 0 Å². The first-order valence-corrected chi connectivity index (χ1v) is 15.4. The summed E-state index contributed by atoms with van der Waals surface area (Å²) in [6.45, 7) is 0. The van der Waals surface area contributed by atoms with Gasteiger partial charge < -0.3 is 8.83 Å². The number of benzene rings is 5. The van der Waals surface area contributed by atoms with Crippen LogP contribution in [0.25, 0.3) is 89.9 Å². The van der Waals surface area contributed by atoms with Crippen molar-refractivity contribution in [1.82, 2.24) is 30.4 Å². The lowest BCUT2D eigenvalue weighted by Gasteiger charge is -2.08. The van der Waals surface area contributed by atoms with E-state index in [1.54, 1.807) is 12.4 Å². The summed E-state index contributed by atoms with van der Waals surface area (Å²) in [6.07, 6.45) is 3.49. The molecule has 0 bridgehead atoms. The molecule has 4 aromatic heterocycles. The molecule has 226 valence electrons. The molecular formula is C40H24N6O2. The van der Waals surface area contributed by atoms with E-state index < -0.39 is 0 Å². The Hall–Kier alpha value is -6.80. The second kappa shape index (κ2) is 11.5. The molecule has 0 N–H and O–H groups in total. The predicted octanol–water partition coefficient (Wildman–Crippen LogP) is 9.55. The Morgan fingerprint density at radius 1 is 0.312 bits per heavy atom. The van der Waals surface area contributed by atoms with Gasteiger partial charge in [0.25, 0.3) is 0 Å². The molecule has 0 fully saturated rings. The highest BCUT2D eigenvalue weighted by molar-refractivity contribution is 5.84. The van der Waals surface area contributed by atoms with Crippen LogP contribution in [0.5, 0.6) is 0 Å². The van der Waals surface area contributed by atoms with Crippen LogP contribution in [0.1, 0.15) is 0 Å². The van der Waals surface area contributed by atoms with E-state index in [2.05, 4.69) is 66.8 Å². The molecule has 8 nitrogen and oxygen atoms in total. The van der Waals surface area contributed by atoms with Gasteiger partial charge in [0.2, 0.25) is 23.6 Å². The van der Waals surface area contributed by atoms with Crippen LogP contribution in [0.15, 0.2) is 155 Å². The number of fused-ring (bicyclic) bond motifs is 2. The molecule has 0 aliphatic carbocycles. The van der Waals surface area contributed by atoms with Crippen molar-refractivity contribution in [3.8, 4) is 68.1 Å². The smallest absolute Gasteiger partial charge is 0.249 e. The topological polar surface area (TPSA) is 104 Å². The molecule has 9 rings (SSSR count). The Labute approximate surface area is 274 Å². The highest BCUT2D eigenvalue weighted by Gasteiger charge is 2.18. The molecule has 48 heavy (non-hydrogen) atoms. The van der Waals surface area contributed by atoms with E-state index in [-0.39, 0.29) is 0 Å². The molecule has 5 aromatic carbocycles. The van der Waals surface area contributed by atoms with Crippen molar-refractivity contribution in [2.75, 3.05) is 0 Å². The lowest BCUT2D eigenvalue weighted by atomic mass is 9.97. The summed E-state index contributed by atoms with van der Waals surface area (Å²) in [6, 6.07) is 44.6. The normalized spacial score (nSPS) is 11.3. The van der Waals surface area contributed by atoms with Crippen LogP contribution in [0.4, 0.5) is 0 Å². The summed E-state index contributed by atoms with van der Waals surface area (Å²) >= 11 is 0. The molecule has 9 aromatic rings. The van der Waals surface area contributed by atoms with Gasteiger partial charge in [0.1, 0.15) is 0 Å². The van der Waals surface area contributed by atoms with E-state index in [1.807, 2.05) is 97.1 Å². The molecule has 0 spiro atoms. The second-order valence-electron chi connectivity index (χ2n) is 11.4. The maximum Gasteiger partial charge on any atom is 0.249 e. The van der Waals surface area contributed by atoms with Crippen molar-refractivity contribution in [1.29, 1.82) is 0 Å². The number of aromatic nitrogens is 6. The first-order chi connectivity index (χ1) is 23.7. The minimum absolute atomic E-state index is 0.362. The van der Waals surface area contributed by atoms with E-state index in [0.717, 1.165) is 55.2 Å². The van der Waals surface area contributed by atoms with Crippen molar-refractivity contribution in [3.63, 3.8) is 0 Å². The summed E-state index contributed by atoms with van der Waals surface area (Å²) < 4.78 is 12.5. The van der Waals surface area contributed by atoms with Crippen LogP contribution < -0.4 is 0 Å². The SMILES string of the molecule is c1ccc(-c2ccc(-c3cc(-c4nnc(-c5cnc6ccccc6c5)o4)cc(-c4nnc(-c5cnc6ccccc6c5)o4)c3)cc2)cc1. The number of nitrogens with zero attached hydrogens (tertiary/aromatic N) is 6. The quantitative estimate of drug-likeness (QED) is 0.181. The number of para-hydroxylation sites is 2. The first kappa shape index (κ1) is 27.5. The van der Waals surface area contributed by atoms with E-state index in [9.17, 15) is 0 Å². The highest BCUT2D eigenvalue weighted by Crippen LogP contribution is 2.35. The maximum atomic E-state index is 6.24. The molecular weight excluding hydrogens is 596 g/mol. The molecule has 0 saturated heterocycles. The fourth-order valence-electron chi connectivity index (χ4n) is 5.82. The third-order valence-corrected chi connectivity index (χ3v) is 8.28. The van der Waals surface area contributed by atoms with Crippen LogP contribution in [0, 0.1) is 0 Å². The predicted molar refractivity (Wildman–Crippen MR) is 185 cm³/mol. The fourth-order valence-corrected chi connectivity index (χ4v) is 5.82. The average molecular weight is 621 g/mol. The van der Waals surface area contributed by atoms with E-state index in [1.165, 1.54) is 0 Å². The summed E-state index contributed by atoms with van der Waals surface area (Å²) in [5.74, 6) is 1.49. The Balaban J connectivity index is 1.12. The van der Waals surface area contributed by atoms with Gasteiger partial charge in [-0.25, -0.2) is 0 Å². The highest BCUT2D eigenvalue weighted by atomic mass is 16.4. The van der Waals surface area contributed by atoms with E-state index in [4.69, 9.17) is 8.83 Å². The maximum absolute atomic E-state index is 6.24. The van der Waals surface area contributed by atoms with Gasteiger partial charge >= 0.3 is 0 Å². The largest absolute Gasteiger partial charge is 0.416 e.